The Morgan fingerprint density at radius 2 is 1.78 bits per heavy atom. The second-order valence-electron chi connectivity index (χ2n) is 6.51. The molecule has 0 aromatic carbocycles. The van der Waals surface area contributed by atoms with Gasteiger partial charge in [0.1, 0.15) is 17.7 Å². The van der Waals surface area contributed by atoms with Gasteiger partial charge in [-0.2, -0.15) is 0 Å². The third kappa shape index (κ3) is 2.47. The molecule has 0 unspecified atom stereocenters. The molecule has 0 bridgehead atoms. The van der Waals surface area contributed by atoms with Gasteiger partial charge in [-0.1, -0.05) is 6.07 Å². The lowest BCUT2D eigenvalue weighted by atomic mass is 10.2. The summed E-state index contributed by atoms with van der Waals surface area (Å²) in [5, 5.41) is 5.59. The highest BCUT2D eigenvalue weighted by atomic mass is 15.3. The Morgan fingerprint density at radius 1 is 0.926 bits per heavy atom. The molecule has 7 heteroatoms. The Hall–Kier alpha value is -3.61. The van der Waals surface area contributed by atoms with Crippen LogP contribution in [0.15, 0.2) is 55.2 Å². The maximum atomic E-state index is 4.76. The van der Waals surface area contributed by atoms with Crippen molar-refractivity contribution in [1.82, 2.24) is 34.1 Å². The molecular weight excluding hydrogens is 338 g/mol. The van der Waals surface area contributed by atoms with Gasteiger partial charge in [-0.25, -0.2) is 14.5 Å². The van der Waals surface area contributed by atoms with E-state index in [-0.39, 0.29) is 0 Å². The van der Waals surface area contributed by atoms with Crippen molar-refractivity contribution in [3.63, 3.8) is 0 Å². The molecule has 27 heavy (non-hydrogen) atoms. The quantitative estimate of drug-likeness (QED) is 0.497. The summed E-state index contributed by atoms with van der Waals surface area (Å²) in [6, 6.07) is 9.77. The first kappa shape index (κ1) is 15.6. The van der Waals surface area contributed by atoms with Crippen LogP contribution in [-0.2, 0) is 6.54 Å². The molecule has 132 valence electrons. The summed E-state index contributed by atoms with van der Waals surface area (Å²) in [6.07, 6.45) is 7.09. The highest BCUT2D eigenvalue weighted by Gasteiger charge is 2.18. The molecular formula is C20H17N7. The molecule has 0 saturated carbocycles. The van der Waals surface area contributed by atoms with Gasteiger partial charge >= 0.3 is 0 Å². The van der Waals surface area contributed by atoms with E-state index >= 15 is 0 Å². The summed E-state index contributed by atoms with van der Waals surface area (Å²) in [7, 11) is 0. The maximum absolute atomic E-state index is 4.76. The van der Waals surface area contributed by atoms with Gasteiger partial charge in [0.15, 0.2) is 5.65 Å². The van der Waals surface area contributed by atoms with Crippen molar-refractivity contribution in [3.8, 4) is 11.5 Å². The number of fused-ring (bicyclic) bond motifs is 3. The molecule has 0 aliphatic heterocycles. The minimum absolute atomic E-state index is 0.601. The van der Waals surface area contributed by atoms with E-state index in [9.17, 15) is 0 Å². The summed E-state index contributed by atoms with van der Waals surface area (Å²) in [6.45, 7) is 4.96. The topological polar surface area (TPSA) is 73.8 Å². The van der Waals surface area contributed by atoms with Crippen LogP contribution in [0.5, 0.6) is 0 Å². The van der Waals surface area contributed by atoms with E-state index in [0.29, 0.717) is 5.82 Å². The Kier molecular flexibility index (Phi) is 3.46. The fraction of sp³-hybridized carbons (Fsp3) is 0.150. The Labute approximate surface area is 155 Å². The smallest absolute Gasteiger partial charge is 0.200 e. The van der Waals surface area contributed by atoms with Crippen LogP contribution in [0.2, 0.25) is 0 Å². The zero-order valence-corrected chi connectivity index (χ0v) is 15.0. The summed E-state index contributed by atoms with van der Waals surface area (Å²) >= 11 is 0. The van der Waals surface area contributed by atoms with Gasteiger partial charge in [-0.05, 0) is 49.2 Å². The highest BCUT2D eigenvalue weighted by molar-refractivity contribution is 5.94. The van der Waals surface area contributed by atoms with Crippen LogP contribution in [0, 0.1) is 13.8 Å². The molecule has 0 saturated heterocycles. The van der Waals surface area contributed by atoms with E-state index in [2.05, 4.69) is 38.5 Å². The molecule has 0 N–H and O–H groups in total. The van der Waals surface area contributed by atoms with Crippen molar-refractivity contribution in [2.24, 2.45) is 0 Å². The molecule has 0 amide bonds. The zero-order valence-electron chi connectivity index (χ0n) is 15.0. The largest absolute Gasteiger partial charge is 0.325 e. The van der Waals surface area contributed by atoms with E-state index in [4.69, 9.17) is 4.98 Å². The lowest BCUT2D eigenvalue weighted by molar-refractivity contribution is 0.786. The minimum atomic E-state index is 0.601. The van der Waals surface area contributed by atoms with Crippen LogP contribution in [0.4, 0.5) is 0 Å². The van der Waals surface area contributed by atoms with Gasteiger partial charge in [0.05, 0.1) is 5.39 Å². The predicted molar refractivity (Wildman–Crippen MR) is 102 cm³/mol. The molecule has 0 spiro atoms. The van der Waals surface area contributed by atoms with Gasteiger partial charge in [0.25, 0.3) is 0 Å². The van der Waals surface area contributed by atoms with Gasteiger partial charge in [-0.15, -0.1) is 5.10 Å². The molecule has 0 fully saturated rings. The number of hydrogen-bond acceptors (Lipinski definition) is 5. The first-order valence-corrected chi connectivity index (χ1v) is 8.73. The molecule has 0 aliphatic rings. The predicted octanol–water partition coefficient (Wildman–Crippen LogP) is 3.20. The van der Waals surface area contributed by atoms with Gasteiger partial charge in [-0.3, -0.25) is 9.97 Å². The van der Waals surface area contributed by atoms with E-state index in [0.717, 1.165) is 34.5 Å². The van der Waals surface area contributed by atoms with Crippen molar-refractivity contribution in [1.29, 1.82) is 0 Å². The minimum Gasteiger partial charge on any atom is -0.325 e. The van der Waals surface area contributed by atoms with Crippen LogP contribution in [0.3, 0.4) is 0 Å². The summed E-state index contributed by atoms with van der Waals surface area (Å²) in [5.41, 5.74) is 5.98. The number of hydrogen-bond donors (Lipinski definition) is 0. The average molecular weight is 355 g/mol. The number of aryl methyl sites for hydroxylation is 1. The first-order chi connectivity index (χ1) is 13.2. The third-order valence-corrected chi connectivity index (χ3v) is 4.93. The van der Waals surface area contributed by atoms with Crippen LogP contribution in [0.1, 0.15) is 16.8 Å². The van der Waals surface area contributed by atoms with Gasteiger partial charge in [0.2, 0.25) is 5.82 Å². The fourth-order valence-corrected chi connectivity index (χ4v) is 3.40. The monoisotopic (exact) mass is 355 g/mol. The lowest BCUT2D eigenvalue weighted by Crippen LogP contribution is -2.03. The molecule has 0 atom stereocenters. The normalized spacial score (nSPS) is 11.5. The molecule has 5 aromatic rings. The lowest BCUT2D eigenvalue weighted by Gasteiger charge is -2.07. The summed E-state index contributed by atoms with van der Waals surface area (Å²) < 4.78 is 3.95. The Balaban J connectivity index is 1.72. The van der Waals surface area contributed by atoms with Crippen molar-refractivity contribution >= 4 is 16.7 Å². The van der Waals surface area contributed by atoms with E-state index in [1.807, 2.05) is 42.7 Å². The van der Waals surface area contributed by atoms with Crippen LogP contribution >= 0.6 is 0 Å². The van der Waals surface area contributed by atoms with Crippen LogP contribution in [-0.4, -0.2) is 34.1 Å². The highest BCUT2D eigenvalue weighted by Crippen LogP contribution is 2.28. The average Bonchev–Trinajstić information content (AvgIpc) is 3.25. The van der Waals surface area contributed by atoms with E-state index in [1.165, 1.54) is 11.3 Å². The van der Waals surface area contributed by atoms with Crippen LogP contribution < -0.4 is 0 Å². The molecule has 5 heterocycles. The first-order valence-electron chi connectivity index (χ1n) is 8.73. The molecule has 5 rings (SSSR count). The van der Waals surface area contributed by atoms with E-state index in [1.54, 1.807) is 17.0 Å². The number of pyridine rings is 2. The maximum Gasteiger partial charge on any atom is 0.200 e. The van der Waals surface area contributed by atoms with Crippen molar-refractivity contribution in [2.45, 2.75) is 20.4 Å². The number of rotatable bonds is 3. The molecule has 5 aromatic heterocycles. The standard InChI is InChI=1S/C20H17N7/c1-13-14(2)26(11-15-6-9-21-10-7-15)19-17(13)20-24-18(25-27(20)12-23-19)16-5-3-4-8-22-16/h3-10,12H,11H2,1-2H3. The molecule has 0 radical (unpaired) electrons. The molecule has 7 nitrogen and oxygen atoms in total. The number of aromatic nitrogens is 7. The second-order valence-corrected chi connectivity index (χ2v) is 6.51. The Morgan fingerprint density at radius 3 is 2.56 bits per heavy atom. The van der Waals surface area contributed by atoms with E-state index < -0.39 is 0 Å². The van der Waals surface area contributed by atoms with Crippen LogP contribution in [0.25, 0.3) is 28.2 Å². The second kappa shape index (κ2) is 5.98. The number of nitrogens with zero attached hydrogens (tertiary/aromatic N) is 7. The zero-order chi connectivity index (χ0) is 18.4. The van der Waals surface area contributed by atoms with Crippen molar-refractivity contribution in [3.05, 3.63) is 72.1 Å². The van der Waals surface area contributed by atoms with Crippen molar-refractivity contribution in [2.75, 3.05) is 0 Å². The summed E-state index contributed by atoms with van der Waals surface area (Å²) in [5.74, 6) is 0.601. The summed E-state index contributed by atoms with van der Waals surface area (Å²) in [4.78, 5) is 17.9. The fourth-order valence-electron chi connectivity index (χ4n) is 3.40. The SMILES string of the molecule is Cc1c(C)n(Cc2ccncc2)c2ncn3nc(-c4ccccn4)nc3c12. The molecule has 0 aliphatic carbocycles. The Bertz CT molecular complexity index is 1250. The van der Waals surface area contributed by atoms with Gasteiger partial charge in [0, 0.05) is 30.8 Å². The van der Waals surface area contributed by atoms with Crippen molar-refractivity contribution < 1.29 is 0 Å². The van der Waals surface area contributed by atoms with Gasteiger partial charge < -0.3 is 4.57 Å². The third-order valence-electron chi connectivity index (χ3n) is 4.93.